The fraction of sp³-hybridized carbons (Fsp3) is 0.312. The van der Waals surface area contributed by atoms with Gasteiger partial charge < -0.3 is 0 Å². The van der Waals surface area contributed by atoms with E-state index in [2.05, 4.69) is 32.0 Å². The van der Waals surface area contributed by atoms with E-state index < -0.39 is 0 Å². The molecule has 1 aliphatic heterocycles. The minimum Gasteiger partial charge on any atom is -0.293 e. The second-order valence-corrected chi connectivity index (χ2v) is 6.58. The molecule has 3 aromatic rings. The van der Waals surface area contributed by atoms with E-state index in [1.165, 1.54) is 21.5 Å². The van der Waals surface area contributed by atoms with E-state index in [1.807, 2.05) is 25.4 Å². The number of nitrogens with zero attached hydrogens (tertiary/aromatic N) is 4. The highest BCUT2D eigenvalue weighted by molar-refractivity contribution is 7.18. The minimum absolute atomic E-state index is 0.873. The van der Waals surface area contributed by atoms with Gasteiger partial charge in [0.05, 0.1) is 0 Å². The number of hydrogen-bond donors (Lipinski definition) is 0. The fourth-order valence-electron chi connectivity index (χ4n) is 2.83. The molecule has 5 heteroatoms. The molecule has 4 nitrogen and oxygen atoms in total. The highest BCUT2D eigenvalue weighted by Crippen LogP contribution is 2.26. The average molecular weight is 296 g/mol. The summed E-state index contributed by atoms with van der Waals surface area (Å²) in [6.45, 7) is 4.94. The first-order chi connectivity index (χ1) is 10.3. The molecule has 0 aromatic carbocycles. The molecule has 0 saturated carbocycles. The Hall–Kier alpha value is -1.85. The molecule has 0 bridgehead atoms. The number of thiophene rings is 1. The molecule has 0 radical (unpaired) electrons. The lowest BCUT2D eigenvalue weighted by Crippen LogP contribution is -2.30. The zero-order valence-electron chi connectivity index (χ0n) is 11.9. The van der Waals surface area contributed by atoms with Gasteiger partial charge in [-0.2, -0.15) is 0 Å². The van der Waals surface area contributed by atoms with Crippen molar-refractivity contribution in [1.29, 1.82) is 0 Å². The summed E-state index contributed by atoms with van der Waals surface area (Å²) in [7, 11) is 0. The summed E-state index contributed by atoms with van der Waals surface area (Å²) in [6.07, 6.45) is 4.86. The number of pyridine rings is 1. The van der Waals surface area contributed by atoms with Crippen LogP contribution in [-0.2, 0) is 19.5 Å². The molecule has 1 aliphatic rings. The third-order valence-electron chi connectivity index (χ3n) is 3.86. The molecule has 106 valence electrons. The van der Waals surface area contributed by atoms with Crippen LogP contribution in [0, 0.1) is 6.92 Å². The first-order valence-electron chi connectivity index (χ1n) is 7.15. The van der Waals surface area contributed by atoms with Crippen LogP contribution in [0.4, 0.5) is 0 Å². The molecule has 0 N–H and O–H groups in total. The molecule has 3 aromatic heterocycles. The Kier molecular flexibility index (Phi) is 3.16. The largest absolute Gasteiger partial charge is 0.293 e. The van der Waals surface area contributed by atoms with Crippen molar-refractivity contribution in [2.45, 2.75) is 26.4 Å². The van der Waals surface area contributed by atoms with Gasteiger partial charge in [-0.15, -0.1) is 11.3 Å². The van der Waals surface area contributed by atoms with Gasteiger partial charge in [-0.25, -0.2) is 15.0 Å². The predicted molar refractivity (Wildman–Crippen MR) is 84.2 cm³/mol. The summed E-state index contributed by atoms with van der Waals surface area (Å²) in [5.74, 6) is 0.873. The van der Waals surface area contributed by atoms with Crippen LogP contribution in [-0.4, -0.2) is 26.4 Å². The van der Waals surface area contributed by atoms with E-state index in [4.69, 9.17) is 0 Å². The molecule has 0 spiro atoms. The zero-order chi connectivity index (χ0) is 14.2. The second-order valence-electron chi connectivity index (χ2n) is 5.46. The molecular weight excluding hydrogens is 280 g/mol. The first-order valence-corrected chi connectivity index (χ1v) is 7.97. The van der Waals surface area contributed by atoms with Gasteiger partial charge >= 0.3 is 0 Å². The van der Waals surface area contributed by atoms with E-state index >= 15 is 0 Å². The van der Waals surface area contributed by atoms with Crippen LogP contribution in [0.1, 0.15) is 22.0 Å². The summed E-state index contributed by atoms with van der Waals surface area (Å²) in [5.41, 5.74) is 2.49. The molecule has 0 aliphatic carbocycles. The summed E-state index contributed by atoms with van der Waals surface area (Å²) < 4.78 is 0. The van der Waals surface area contributed by atoms with Crippen molar-refractivity contribution in [2.24, 2.45) is 0 Å². The maximum absolute atomic E-state index is 4.54. The van der Waals surface area contributed by atoms with Gasteiger partial charge in [-0.3, -0.25) is 4.90 Å². The van der Waals surface area contributed by atoms with Crippen LogP contribution in [0.3, 0.4) is 0 Å². The summed E-state index contributed by atoms with van der Waals surface area (Å²) in [6, 6.07) is 6.38. The number of fused-ring (bicyclic) bond motifs is 2. The standard InChI is InChI=1S/C16H16N4S/c1-11-18-8-13-9-20(6-4-15(13)19-11)10-14-7-12-3-2-5-17-16(12)21-14/h2-3,5,7-8H,4,6,9-10H2,1H3. The number of rotatable bonds is 2. The lowest BCUT2D eigenvalue weighted by Gasteiger charge is -2.27. The first kappa shape index (κ1) is 12.9. The zero-order valence-corrected chi connectivity index (χ0v) is 12.7. The Bertz CT molecular complexity index is 763. The van der Waals surface area contributed by atoms with E-state index in [-0.39, 0.29) is 0 Å². The van der Waals surface area contributed by atoms with Crippen molar-refractivity contribution in [1.82, 2.24) is 19.9 Å². The van der Waals surface area contributed by atoms with E-state index in [9.17, 15) is 0 Å². The topological polar surface area (TPSA) is 41.9 Å². The van der Waals surface area contributed by atoms with Gasteiger partial charge in [0.2, 0.25) is 0 Å². The smallest absolute Gasteiger partial charge is 0.125 e. The van der Waals surface area contributed by atoms with Crippen molar-refractivity contribution in [3.05, 3.63) is 52.6 Å². The highest BCUT2D eigenvalue weighted by atomic mass is 32.1. The molecule has 0 unspecified atom stereocenters. The third kappa shape index (κ3) is 2.54. The van der Waals surface area contributed by atoms with Gasteiger partial charge in [0.15, 0.2) is 0 Å². The van der Waals surface area contributed by atoms with Gasteiger partial charge in [0.1, 0.15) is 10.7 Å². The van der Waals surface area contributed by atoms with Gasteiger partial charge in [-0.05, 0) is 19.1 Å². The number of aromatic nitrogens is 3. The van der Waals surface area contributed by atoms with Crippen LogP contribution in [0.2, 0.25) is 0 Å². The van der Waals surface area contributed by atoms with Crippen molar-refractivity contribution in [3.63, 3.8) is 0 Å². The second kappa shape index (κ2) is 5.16. The van der Waals surface area contributed by atoms with Gasteiger partial charge in [-0.1, -0.05) is 6.07 Å². The molecular formula is C16H16N4S. The average Bonchev–Trinajstić information content (AvgIpc) is 2.89. The van der Waals surface area contributed by atoms with Crippen molar-refractivity contribution < 1.29 is 0 Å². The molecule has 4 heterocycles. The Morgan fingerprint density at radius 3 is 3.19 bits per heavy atom. The predicted octanol–water partition coefficient (Wildman–Crippen LogP) is 2.95. The maximum Gasteiger partial charge on any atom is 0.125 e. The molecule has 4 rings (SSSR count). The Balaban J connectivity index is 1.54. The molecule has 0 atom stereocenters. The van der Waals surface area contributed by atoms with Crippen molar-refractivity contribution in [2.75, 3.05) is 6.54 Å². The van der Waals surface area contributed by atoms with Crippen LogP contribution < -0.4 is 0 Å². The Morgan fingerprint density at radius 2 is 2.29 bits per heavy atom. The molecule has 0 fully saturated rings. The number of hydrogen-bond acceptors (Lipinski definition) is 5. The Labute approximate surface area is 127 Å². The van der Waals surface area contributed by atoms with E-state index in [1.54, 1.807) is 11.3 Å². The van der Waals surface area contributed by atoms with Gasteiger partial charge in [0, 0.05) is 60.0 Å². The fourth-order valence-corrected chi connectivity index (χ4v) is 3.87. The number of aryl methyl sites for hydroxylation is 1. The minimum atomic E-state index is 0.873. The normalized spacial score (nSPS) is 15.3. The lowest BCUT2D eigenvalue weighted by atomic mass is 10.1. The quantitative estimate of drug-likeness (QED) is 0.729. The maximum atomic E-state index is 4.54. The molecule has 21 heavy (non-hydrogen) atoms. The third-order valence-corrected chi connectivity index (χ3v) is 4.90. The van der Waals surface area contributed by atoms with Crippen molar-refractivity contribution in [3.8, 4) is 0 Å². The molecule has 0 amide bonds. The lowest BCUT2D eigenvalue weighted by molar-refractivity contribution is 0.245. The van der Waals surface area contributed by atoms with Gasteiger partial charge in [0.25, 0.3) is 0 Å². The van der Waals surface area contributed by atoms with Crippen LogP contribution >= 0.6 is 11.3 Å². The summed E-state index contributed by atoms with van der Waals surface area (Å²) >= 11 is 1.79. The Morgan fingerprint density at radius 1 is 1.33 bits per heavy atom. The van der Waals surface area contributed by atoms with Crippen LogP contribution in [0.25, 0.3) is 10.2 Å². The summed E-state index contributed by atoms with van der Waals surface area (Å²) in [4.78, 5) is 18.3. The van der Waals surface area contributed by atoms with Crippen molar-refractivity contribution >= 4 is 21.6 Å². The molecule has 0 saturated heterocycles. The monoisotopic (exact) mass is 296 g/mol. The van der Waals surface area contributed by atoms with Crippen LogP contribution in [0.15, 0.2) is 30.6 Å². The SMILES string of the molecule is Cc1ncc2c(n1)CCN(Cc1cc3cccnc3s1)C2. The van der Waals surface area contributed by atoms with Crippen LogP contribution in [0.5, 0.6) is 0 Å². The highest BCUT2D eigenvalue weighted by Gasteiger charge is 2.18. The summed E-state index contributed by atoms with van der Waals surface area (Å²) in [5, 5.41) is 1.24. The van der Waals surface area contributed by atoms with E-state index in [0.717, 1.165) is 36.7 Å². The van der Waals surface area contributed by atoms with E-state index in [0.29, 0.717) is 0 Å².